The average Bonchev–Trinajstić information content (AvgIpc) is 3.26. The zero-order valence-corrected chi connectivity index (χ0v) is 13.8. The molecule has 0 fully saturated rings. The SMILES string of the molecule is OCCn1cc(-c2ccc3c(c2)CCC3NO)c(-c2ccncc2)n1. The van der Waals surface area contributed by atoms with Crippen molar-refractivity contribution in [1.29, 1.82) is 0 Å². The third kappa shape index (κ3) is 2.95. The van der Waals surface area contributed by atoms with E-state index in [-0.39, 0.29) is 12.6 Å². The molecular formula is C19H20N4O2. The molecule has 0 radical (unpaired) electrons. The number of hydroxylamine groups is 1. The lowest BCUT2D eigenvalue weighted by atomic mass is 9.98. The molecule has 1 aliphatic carbocycles. The minimum absolute atomic E-state index is 0.0147. The number of hydrogen-bond acceptors (Lipinski definition) is 5. The molecule has 1 unspecified atom stereocenters. The molecule has 0 amide bonds. The molecule has 2 heterocycles. The Labute approximate surface area is 145 Å². The zero-order chi connectivity index (χ0) is 17.2. The van der Waals surface area contributed by atoms with E-state index in [2.05, 4.69) is 33.8 Å². The molecule has 25 heavy (non-hydrogen) atoms. The van der Waals surface area contributed by atoms with Crippen LogP contribution in [0, 0.1) is 0 Å². The number of nitrogens with one attached hydrogen (secondary N) is 1. The molecule has 4 rings (SSSR count). The van der Waals surface area contributed by atoms with Crippen LogP contribution in [0.3, 0.4) is 0 Å². The van der Waals surface area contributed by atoms with Crippen molar-refractivity contribution in [2.45, 2.75) is 25.4 Å². The first-order chi connectivity index (χ1) is 12.3. The highest BCUT2D eigenvalue weighted by Crippen LogP contribution is 2.36. The maximum atomic E-state index is 9.26. The number of benzene rings is 1. The molecule has 0 bridgehead atoms. The molecule has 2 aromatic heterocycles. The summed E-state index contributed by atoms with van der Waals surface area (Å²) in [5, 5.41) is 23.2. The molecule has 6 heteroatoms. The summed E-state index contributed by atoms with van der Waals surface area (Å²) in [7, 11) is 0. The molecule has 3 N–H and O–H groups in total. The highest BCUT2D eigenvalue weighted by molar-refractivity contribution is 5.80. The second kappa shape index (κ2) is 6.76. The van der Waals surface area contributed by atoms with E-state index in [1.165, 1.54) is 5.56 Å². The lowest BCUT2D eigenvalue weighted by Gasteiger charge is -2.10. The van der Waals surface area contributed by atoms with Crippen LogP contribution < -0.4 is 5.48 Å². The smallest absolute Gasteiger partial charge is 0.100 e. The highest BCUT2D eigenvalue weighted by Gasteiger charge is 2.23. The van der Waals surface area contributed by atoms with Gasteiger partial charge in [-0.05, 0) is 41.7 Å². The monoisotopic (exact) mass is 336 g/mol. The van der Waals surface area contributed by atoms with Gasteiger partial charge in [0.15, 0.2) is 0 Å². The fraction of sp³-hybridized carbons (Fsp3) is 0.263. The van der Waals surface area contributed by atoms with Crippen LogP contribution >= 0.6 is 0 Å². The predicted molar refractivity (Wildman–Crippen MR) is 94.0 cm³/mol. The predicted octanol–water partition coefficient (Wildman–Crippen LogP) is 2.57. The van der Waals surface area contributed by atoms with E-state index in [1.54, 1.807) is 17.1 Å². The summed E-state index contributed by atoms with van der Waals surface area (Å²) in [6.45, 7) is 0.504. The van der Waals surface area contributed by atoms with Gasteiger partial charge in [-0.1, -0.05) is 18.2 Å². The Morgan fingerprint density at radius 3 is 2.76 bits per heavy atom. The van der Waals surface area contributed by atoms with Gasteiger partial charge in [0.25, 0.3) is 0 Å². The van der Waals surface area contributed by atoms with Gasteiger partial charge in [-0.3, -0.25) is 9.67 Å². The fourth-order valence-corrected chi connectivity index (χ4v) is 3.49. The van der Waals surface area contributed by atoms with E-state index in [4.69, 9.17) is 0 Å². The third-order valence-corrected chi connectivity index (χ3v) is 4.73. The summed E-state index contributed by atoms with van der Waals surface area (Å²) >= 11 is 0. The van der Waals surface area contributed by atoms with Crippen molar-refractivity contribution in [3.05, 3.63) is 60.0 Å². The van der Waals surface area contributed by atoms with Crippen LogP contribution in [0.1, 0.15) is 23.6 Å². The Bertz CT molecular complexity index is 876. The van der Waals surface area contributed by atoms with Crippen molar-refractivity contribution in [2.75, 3.05) is 6.61 Å². The first-order valence-electron chi connectivity index (χ1n) is 8.41. The van der Waals surface area contributed by atoms with Crippen LogP contribution in [0.5, 0.6) is 0 Å². The van der Waals surface area contributed by atoms with Gasteiger partial charge in [-0.15, -0.1) is 0 Å². The maximum absolute atomic E-state index is 9.26. The molecule has 0 aliphatic heterocycles. The first-order valence-corrected chi connectivity index (χ1v) is 8.41. The van der Waals surface area contributed by atoms with E-state index < -0.39 is 0 Å². The maximum Gasteiger partial charge on any atom is 0.100 e. The number of rotatable bonds is 5. The number of hydrogen-bond donors (Lipinski definition) is 3. The van der Waals surface area contributed by atoms with Gasteiger partial charge < -0.3 is 10.3 Å². The molecular weight excluding hydrogens is 316 g/mol. The summed E-state index contributed by atoms with van der Waals surface area (Å²) < 4.78 is 1.77. The van der Waals surface area contributed by atoms with Gasteiger partial charge in [0, 0.05) is 29.7 Å². The number of aliphatic hydroxyl groups is 1. The number of aromatic nitrogens is 3. The Morgan fingerprint density at radius 2 is 2.00 bits per heavy atom. The van der Waals surface area contributed by atoms with E-state index >= 15 is 0 Å². The van der Waals surface area contributed by atoms with Crippen LogP contribution in [0.25, 0.3) is 22.4 Å². The standard InChI is InChI=1S/C19H20N4O2/c24-10-9-23-12-17(19(21-23)13-5-7-20-8-6-13)15-1-3-16-14(11-15)2-4-18(16)22-25/h1,3,5-8,11-12,18,22,24-25H,2,4,9-10H2. The van der Waals surface area contributed by atoms with Crippen molar-refractivity contribution in [3.8, 4) is 22.4 Å². The van der Waals surface area contributed by atoms with Crippen molar-refractivity contribution in [1.82, 2.24) is 20.2 Å². The molecule has 0 saturated heterocycles. The molecule has 3 aromatic rings. The van der Waals surface area contributed by atoms with Crippen LogP contribution in [0.15, 0.2) is 48.9 Å². The second-order valence-corrected chi connectivity index (χ2v) is 6.25. The second-order valence-electron chi connectivity index (χ2n) is 6.25. The number of aliphatic hydroxyl groups excluding tert-OH is 1. The molecule has 0 spiro atoms. The third-order valence-electron chi connectivity index (χ3n) is 4.73. The lowest BCUT2D eigenvalue weighted by Crippen LogP contribution is -2.13. The topological polar surface area (TPSA) is 83.2 Å². The Balaban J connectivity index is 1.80. The van der Waals surface area contributed by atoms with Crippen molar-refractivity contribution in [3.63, 3.8) is 0 Å². The Morgan fingerprint density at radius 1 is 1.16 bits per heavy atom. The molecule has 0 saturated carbocycles. The number of pyridine rings is 1. The number of fused-ring (bicyclic) bond motifs is 1. The summed E-state index contributed by atoms with van der Waals surface area (Å²) in [5.74, 6) is 0. The minimum atomic E-state index is 0.0147. The number of aryl methyl sites for hydroxylation is 1. The minimum Gasteiger partial charge on any atom is -0.394 e. The molecule has 128 valence electrons. The number of nitrogens with zero attached hydrogens (tertiary/aromatic N) is 3. The molecule has 1 aliphatic rings. The van der Waals surface area contributed by atoms with E-state index in [9.17, 15) is 10.3 Å². The largest absolute Gasteiger partial charge is 0.394 e. The highest BCUT2D eigenvalue weighted by atomic mass is 16.5. The first kappa shape index (κ1) is 16.0. The van der Waals surface area contributed by atoms with Crippen LogP contribution in [0.2, 0.25) is 0 Å². The summed E-state index contributed by atoms with van der Waals surface area (Å²) in [4.78, 5) is 4.08. The zero-order valence-electron chi connectivity index (χ0n) is 13.8. The lowest BCUT2D eigenvalue weighted by molar-refractivity contribution is 0.126. The van der Waals surface area contributed by atoms with Gasteiger partial charge in [-0.25, -0.2) is 0 Å². The van der Waals surface area contributed by atoms with Crippen molar-refractivity contribution in [2.24, 2.45) is 0 Å². The summed E-state index contributed by atoms with van der Waals surface area (Å²) in [5.41, 5.74) is 8.79. The van der Waals surface area contributed by atoms with Crippen molar-refractivity contribution < 1.29 is 10.3 Å². The van der Waals surface area contributed by atoms with E-state index in [1.807, 2.05) is 18.3 Å². The van der Waals surface area contributed by atoms with Crippen LogP contribution in [0.4, 0.5) is 0 Å². The van der Waals surface area contributed by atoms with Crippen LogP contribution in [-0.4, -0.2) is 31.7 Å². The van der Waals surface area contributed by atoms with Gasteiger partial charge in [-0.2, -0.15) is 10.6 Å². The van der Waals surface area contributed by atoms with Crippen LogP contribution in [-0.2, 0) is 13.0 Å². The molecule has 1 aromatic carbocycles. The Kier molecular flexibility index (Phi) is 4.31. The summed E-state index contributed by atoms with van der Waals surface area (Å²) in [6, 6.07) is 10.2. The molecule has 6 nitrogen and oxygen atoms in total. The van der Waals surface area contributed by atoms with Crippen molar-refractivity contribution >= 4 is 0 Å². The Hall–Kier alpha value is -2.54. The fourth-order valence-electron chi connectivity index (χ4n) is 3.49. The average molecular weight is 336 g/mol. The quantitative estimate of drug-likeness (QED) is 0.624. The van der Waals surface area contributed by atoms with E-state index in [0.29, 0.717) is 6.54 Å². The molecule has 1 atom stereocenters. The summed E-state index contributed by atoms with van der Waals surface area (Å²) in [6.07, 6.45) is 7.33. The van der Waals surface area contributed by atoms with Gasteiger partial charge in [0.05, 0.1) is 19.2 Å². The van der Waals surface area contributed by atoms with Gasteiger partial charge >= 0.3 is 0 Å². The van der Waals surface area contributed by atoms with Gasteiger partial charge in [0.2, 0.25) is 0 Å². The normalized spacial score (nSPS) is 16.2. The van der Waals surface area contributed by atoms with E-state index in [0.717, 1.165) is 40.8 Å². The van der Waals surface area contributed by atoms with Gasteiger partial charge in [0.1, 0.15) is 5.69 Å².